The summed E-state index contributed by atoms with van der Waals surface area (Å²) in [5.41, 5.74) is 2.77. The van der Waals surface area contributed by atoms with E-state index in [-0.39, 0.29) is 24.1 Å². The number of aromatic hydroxyl groups is 1. The van der Waals surface area contributed by atoms with E-state index in [1.54, 1.807) is 0 Å². The van der Waals surface area contributed by atoms with Crippen LogP contribution in [0.4, 0.5) is 0 Å². The molecule has 1 aromatic heterocycles. The molecule has 0 bridgehead atoms. The third-order valence-electron chi connectivity index (χ3n) is 3.60. The molecular formula is C18H16N2O4. The molecule has 0 atom stereocenters. The third kappa shape index (κ3) is 3.58. The summed E-state index contributed by atoms with van der Waals surface area (Å²) in [4.78, 5) is 27.0. The van der Waals surface area contributed by atoms with Crippen LogP contribution in [0.25, 0.3) is 11.3 Å². The van der Waals surface area contributed by atoms with Crippen molar-refractivity contribution in [1.82, 2.24) is 4.98 Å². The Hall–Kier alpha value is -3.20. The molecule has 0 saturated heterocycles. The summed E-state index contributed by atoms with van der Waals surface area (Å²) >= 11 is 0. The number of aryl methyl sites for hydroxylation is 2. The van der Waals surface area contributed by atoms with Gasteiger partial charge in [-0.15, -0.1) is 0 Å². The number of hydrogen-bond donors (Lipinski definition) is 2. The number of aliphatic carboxylic acids is 1. The summed E-state index contributed by atoms with van der Waals surface area (Å²) in [5, 5.41) is 27.9. The lowest BCUT2D eigenvalue weighted by atomic mass is 10.00. The highest BCUT2D eigenvalue weighted by atomic mass is 16.4. The van der Waals surface area contributed by atoms with Gasteiger partial charge in [-0.3, -0.25) is 9.59 Å². The molecule has 0 radical (unpaired) electrons. The van der Waals surface area contributed by atoms with Crippen LogP contribution in [0.15, 0.2) is 24.3 Å². The van der Waals surface area contributed by atoms with Crippen molar-refractivity contribution in [1.29, 1.82) is 5.26 Å². The Morgan fingerprint density at radius 2 is 1.92 bits per heavy atom. The van der Waals surface area contributed by atoms with Crippen LogP contribution in [-0.2, 0) is 4.79 Å². The number of nitriles is 1. The summed E-state index contributed by atoms with van der Waals surface area (Å²) in [6.45, 7) is 3.83. The van der Waals surface area contributed by atoms with E-state index in [1.165, 1.54) is 6.07 Å². The SMILES string of the molecule is Cc1ccc(-c2cc(C#N)c(O)c(C(=O)CCC(=O)O)n2)c(C)c1. The van der Waals surface area contributed by atoms with Crippen LogP contribution in [-0.4, -0.2) is 26.9 Å². The standard InChI is InChI=1S/C18H16N2O4/c1-10-3-4-13(11(2)7-10)14-8-12(9-19)18(24)17(20-14)15(21)5-6-16(22)23/h3-4,7-8,24H,5-6H2,1-2H3,(H,22,23). The fourth-order valence-corrected chi connectivity index (χ4v) is 2.40. The van der Waals surface area contributed by atoms with Gasteiger partial charge in [0.2, 0.25) is 0 Å². The zero-order valence-electron chi connectivity index (χ0n) is 13.3. The highest BCUT2D eigenvalue weighted by molar-refractivity contribution is 5.99. The number of ketones is 1. The van der Waals surface area contributed by atoms with Gasteiger partial charge in [0.25, 0.3) is 0 Å². The van der Waals surface area contributed by atoms with Crippen LogP contribution in [0.1, 0.15) is 40.0 Å². The largest absolute Gasteiger partial charge is 0.504 e. The highest BCUT2D eigenvalue weighted by Gasteiger charge is 2.20. The number of Topliss-reactive ketones (excluding diaryl/α,β-unsaturated/α-hetero) is 1. The van der Waals surface area contributed by atoms with Crippen molar-refractivity contribution >= 4 is 11.8 Å². The van der Waals surface area contributed by atoms with E-state index >= 15 is 0 Å². The summed E-state index contributed by atoms with van der Waals surface area (Å²) in [6, 6.07) is 8.92. The zero-order chi connectivity index (χ0) is 17.9. The molecule has 0 aliphatic rings. The van der Waals surface area contributed by atoms with Gasteiger partial charge in [0.05, 0.1) is 17.7 Å². The Balaban J connectivity index is 2.55. The number of carboxylic acids is 1. The quantitative estimate of drug-likeness (QED) is 0.818. The number of aromatic nitrogens is 1. The van der Waals surface area contributed by atoms with E-state index < -0.39 is 17.5 Å². The van der Waals surface area contributed by atoms with Gasteiger partial charge in [0.1, 0.15) is 11.8 Å². The molecule has 0 amide bonds. The van der Waals surface area contributed by atoms with E-state index in [0.717, 1.165) is 16.7 Å². The molecule has 2 aromatic rings. The van der Waals surface area contributed by atoms with E-state index in [9.17, 15) is 20.0 Å². The van der Waals surface area contributed by atoms with Crippen LogP contribution >= 0.6 is 0 Å². The van der Waals surface area contributed by atoms with E-state index in [2.05, 4.69) is 4.98 Å². The molecule has 122 valence electrons. The van der Waals surface area contributed by atoms with Crippen molar-refractivity contribution < 1.29 is 19.8 Å². The van der Waals surface area contributed by atoms with Crippen LogP contribution in [0, 0.1) is 25.2 Å². The molecule has 24 heavy (non-hydrogen) atoms. The van der Waals surface area contributed by atoms with Gasteiger partial charge in [-0.25, -0.2) is 4.98 Å². The zero-order valence-corrected chi connectivity index (χ0v) is 13.3. The minimum absolute atomic E-state index is 0.0707. The first-order chi connectivity index (χ1) is 11.3. The monoisotopic (exact) mass is 324 g/mol. The predicted octanol–water partition coefficient (Wildman–Crippen LogP) is 2.99. The summed E-state index contributed by atoms with van der Waals surface area (Å²) in [5.74, 6) is -2.24. The maximum atomic E-state index is 12.2. The average Bonchev–Trinajstić information content (AvgIpc) is 2.53. The molecule has 2 rings (SSSR count). The second-order valence-electron chi connectivity index (χ2n) is 5.50. The molecule has 6 heteroatoms. The third-order valence-corrected chi connectivity index (χ3v) is 3.60. The van der Waals surface area contributed by atoms with Gasteiger partial charge in [-0.05, 0) is 25.5 Å². The number of carboxylic acid groups (broad SMARTS) is 1. The minimum Gasteiger partial charge on any atom is -0.504 e. The number of carbonyl (C=O) groups is 2. The smallest absolute Gasteiger partial charge is 0.303 e. The van der Waals surface area contributed by atoms with Crippen LogP contribution in [0.5, 0.6) is 5.75 Å². The van der Waals surface area contributed by atoms with Crippen LogP contribution in [0.3, 0.4) is 0 Å². The fraction of sp³-hybridized carbons (Fsp3) is 0.222. The summed E-state index contributed by atoms with van der Waals surface area (Å²) in [7, 11) is 0. The average molecular weight is 324 g/mol. The Bertz CT molecular complexity index is 866. The van der Waals surface area contributed by atoms with Crippen LogP contribution in [0.2, 0.25) is 0 Å². The van der Waals surface area contributed by atoms with Gasteiger partial charge < -0.3 is 10.2 Å². The van der Waals surface area contributed by atoms with E-state index in [4.69, 9.17) is 5.11 Å². The maximum absolute atomic E-state index is 12.2. The molecule has 0 aliphatic heterocycles. The minimum atomic E-state index is -1.12. The molecule has 2 N–H and O–H groups in total. The molecular weight excluding hydrogens is 308 g/mol. The normalized spacial score (nSPS) is 10.2. The van der Waals surface area contributed by atoms with Crippen molar-refractivity contribution in [3.8, 4) is 23.1 Å². The summed E-state index contributed by atoms with van der Waals surface area (Å²) < 4.78 is 0. The molecule has 1 heterocycles. The molecule has 6 nitrogen and oxygen atoms in total. The molecule has 0 aliphatic carbocycles. The molecule has 0 saturated carbocycles. The van der Waals surface area contributed by atoms with Gasteiger partial charge in [-0.2, -0.15) is 5.26 Å². The first-order valence-electron chi connectivity index (χ1n) is 7.30. The topological polar surface area (TPSA) is 111 Å². The van der Waals surface area contributed by atoms with Gasteiger partial charge in [0.15, 0.2) is 11.5 Å². The number of nitrogens with zero attached hydrogens (tertiary/aromatic N) is 2. The lowest BCUT2D eigenvalue weighted by molar-refractivity contribution is -0.136. The second kappa shape index (κ2) is 6.92. The fourth-order valence-electron chi connectivity index (χ4n) is 2.40. The molecule has 1 aromatic carbocycles. The van der Waals surface area contributed by atoms with Crippen LogP contribution < -0.4 is 0 Å². The van der Waals surface area contributed by atoms with Gasteiger partial charge in [-0.1, -0.05) is 23.8 Å². The number of benzene rings is 1. The van der Waals surface area contributed by atoms with Gasteiger partial charge in [0, 0.05) is 12.0 Å². The predicted molar refractivity (Wildman–Crippen MR) is 86.7 cm³/mol. The highest BCUT2D eigenvalue weighted by Crippen LogP contribution is 2.29. The number of pyridine rings is 1. The second-order valence-corrected chi connectivity index (χ2v) is 5.50. The van der Waals surface area contributed by atoms with Crippen molar-refractivity contribution in [3.05, 3.63) is 46.6 Å². The molecule has 0 spiro atoms. The molecule has 0 unspecified atom stereocenters. The van der Waals surface area contributed by atoms with Crippen molar-refractivity contribution in [2.45, 2.75) is 26.7 Å². The lowest BCUT2D eigenvalue weighted by Gasteiger charge is -2.10. The van der Waals surface area contributed by atoms with Crippen molar-refractivity contribution in [2.75, 3.05) is 0 Å². The van der Waals surface area contributed by atoms with E-state index in [1.807, 2.05) is 38.1 Å². The van der Waals surface area contributed by atoms with Gasteiger partial charge >= 0.3 is 5.97 Å². The maximum Gasteiger partial charge on any atom is 0.303 e. The Morgan fingerprint density at radius 1 is 1.21 bits per heavy atom. The summed E-state index contributed by atoms with van der Waals surface area (Å²) in [6.07, 6.45) is -0.660. The molecule has 0 fully saturated rings. The number of carbonyl (C=O) groups excluding carboxylic acids is 1. The van der Waals surface area contributed by atoms with E-state index in [0.29, 0.717) is 5.69 Å². The number of hydrogen-bond acceptors (Lipinski definition) is 5. The number of rotatable bonds is 5. The lowest BCUT2D eigenvalue weighted by Crippen LogP contribution is -2.08. The first-order valence-corrected chi connectivity index (χ1v) is 7.30. The Kier molecular flexibility index (Phi) is 4.95. The van der Waals surface area contributed by atoms with Crippen molar-refractivity contribution in [3.63, 3.8) is 0 Å². The Labute approximate surface area is 139 Å². The first kappa shape index (κ1) is 17.2. The Morgan fingerprint density at radius 3 is 2.50 bits per heavy atom. The van der Waals surface area contributed by atoms with Crippen molar-refractivity contribution in [2.24, 2.45) is 0 Å².